The van der Waals surface area contributed by atoms with Gasteiger partial charge in [-0.25, -0.2) is 4.98 Å². The number of hydrogen-bond acceptors (Lipinski definition) is 1. The zero-order valence-electron chi connectivity index (χ0n) is 5.35. The van der Waals surface area contributed by atoms with Crippen LogP contribution in [-0.4, -0.2) is 10.3 Å². The highest BCUT2D eigenvalue weighted by Gasteiger charge is 1.91. The molecule has 0 amide bonds. The number of aryl methyl sites for hydroxylation is 1. The zero-order valence-corrected chi connectivity index (χ0v) is 6.94. The lowest BCUT2D eigenvalue weighted by atomic mass is 10.2. The molecule has 0 aliphatic rings. The van der Waals surface area contributed by atoms with Crippen molar-refractivity contribution < 1.29 is 4.39 Å². The van der Waals surface area contributed by atoms with Gasteiger partial charge in [-0.1, -0.05) is 22.0 Å². The molecule has 0 bridgehead atoms. The molecule has 1 aromatic heterocycles. The van der Waals surface area contributed by atoms with Gasteiger partial charge in [-0.15, -0.1) is 0 Å². The number of halogens is 2. The highest BCUT2D eigenvalue weighted by Crippen LogP contribution is 2.00. The predicted octanol–water partition coefficient (Wildman–Crippen LogP) is 2.16. The third kappa shape index (κ3) is 2.06. The van der Waals surface area contributed by atoms with Crippen LogP contribution in [0.15, 0.2) is 18.3 Å². The summed E-state index contributed by atoms with van der Waals surface area (Å²) in [5, 5.41) is 0.889. The van der Waals surface area contributed by atoms with E-state index in [4.69, 9.17) is 0 Å². The fraction of sp³-hybridized carbons (Fsp3) is 0.286. The Labute approximate surface area is 67.4 Å². The Bertz CT molecular complexity index is 197. The van der Waals surface area contributed by atoms with E-state index in [9.17, 15) is 4.39 Å². The molecule has 1 heterocycles. The molecule has 54 valence electrons. The molecule has 0 spiro atoms. The highest BCUT2D eigenvalue weighted by molar-refractivity contribution is 9.09. The van der Waals surface area contributed by atoms with E-state index in [2.05, 4.69) is 20.9 Å². The maximum absolute atomic E-state index is 12.2. The number of rotatable bonds is 2. The normalized spacial score (nSPS) is 9.80. The summed E-state index contributed by atoms with van der Waals surface area (Å²) in [4.78, 5) is 3.51. The lowest BCUT2D eigenvalue weighted by Gasteiger charge is -1.93. The van der Waals surface area contributed by atoms with Crippen molar-refractivity contribution in [2.75, 3.05) is 5.33 Å². The second-order valence-corrected chi connectivity index (χ2v) is 2.72. The Morgan fingerprint density at radius 3 is 2.80 bits per heavy atom. The molecule has 0 fully saturated rings. The Morgan fingerprint density at radius 1 is 1.50 bits per heavy atom. The summed E-state index contributed by atoms with van der Waals surface area (Å²) in [5.41, 5.74) is 1.05. The van der Waals surface area contributed by atoms with Crippen LogP contribution >= 0.6 is 15.9 Å². The number of hydrogen-bond donors (Lipinski definition) is 0. The minimum atomic E-state index is -0.418. The molecule has 0 atom stereocenters. The molecular formula is C7H7BrFN. The van der Waals surface area contributed by atoms with Crippen molar-refractivity contribution in [3.8, 4) is 0 Å². The van der Waals surface area contributed by atoms with Crippen molar-refractivity contribution in [2.45, 2.75) is 6.42 Å². The van der Waals surface area contributed by atoms with Crippen molar-refractivity contribution in [1.82, 2.24) is 4.98 Å². The fourth-order valence-electron chi connectivity index (χ4n) is 0.663. The molecule has 1 rings (SSSR count). The molecule has 0 aliphatic carbocycles. The Hall–Kier alpha value is -0.440. The van der Waals surface area contributed by atoms with Gasteiger partial charge in [-0.05, 0) is 18.1 Å². The average Bonchev–Trinajstić information content (AvgIpc) is 1.95. The molecule has 0 N–H and O–H groups in total. The van der Waals surface area contributed by atoms with Crippen LogP contribution < -0.4 is 0 Å². The first-order valence-electron chi connectivity index (χ1n) is 2.99. The topological polar surface area (TPSA) is 12.9 Å². The van der Waals surface area contributed by atoms with Gasteiger partial charge in [0.2, 0.25) is 5.95 Å². The van der Waals surface area contributed by atoms with Gasteiger partial charge in [0, 0.05) is 11.5 Å². The second kappa shape index (κ2) is 3.66. The fourth-order valence-corrected chi connectivity index (χ4v) is 1.12. The Morgan fingerprint density at radius 2 is 2.30 bits per heavy atom. The summed E-state index contributed by atoms with van der Waals surface area (Å²) in [5.74, 6) is -0.418. The smallest absolute Gasteiger partial charge is 0.212 e. The van der Waals surface area contributed by atoms with E-state index in [0.29, 0.717) is 0 Å². The van der Waals surface area contributed by atoms with Crippen LogP contribution in [0.5, 0.6) is 0 Å². The largest absolute Gasteiger partial charge is 0.228 e. The van der Waals surface area contributed by atoms with Crippen LogP contribution in [0.3, 0.4) is 0 Å². The third-order valence-corrected chi connectivity index (χ3v) is 1.57. The van der Waals surface area contributed by atoms with E-state index in [1.807, 2.05) is 0 Å². The first-order valence-corrected chi connectivity index (χ1v) is 4.11. The zero-order chi connectivity index (χ0) is 7.40. The van der Waals surface area contributed by atoms with Crippen LogP contribution in [0, 0.1) is 5.95 Å². The van der Waals surface area contributed by atoms with Crippen LogP contribution in [0.4, 0.5) is 4.39 Å². The molecule has 0 aromatic carbocycles. The number of alkyl halides is 1. The van der Waals surface area contributed by atoms with Crippen LogP contribution in [0.1, 0.15) is 5.56 Å². The third-order valence-electron chi connectivity index (χ3n) is 1.17. The standard InChI is InChI=1S/C7H7BrFN/c8-4-3-6-1-2-7(9)10-5-6/h1-2,5H,3-4H2. The maximum atomic E-state index is 12.2. The first kappa shape index (κ1) is 7.66. The molecule has 0 unspecified atom stereocenters. The Balaban J connectivity index is 2.69. The summed E-state index contributed by atoms with van der Waals surface area (Å²) in [6.07, 6.45) is 2.45. The molecule has 0 saturated heterocycles. The summed E-state index contributed by atoms with van der Waals surface area (Å²) >= 11 is 3.28. The van der Waals surface area contributed by atoms with Gasteiger partial charge in [0.15, 0.2) is 0 Å². The van der Waals surface area contributed by atoms with E-state index in [-0.39, 0.29) is 0 Å². The van der Waals surface area contributed by atoms with E-state index in [1.165, 1.54) is 6.07 Å². The number of pyridine rings is 1. The van der Waals surface area contributed by atoms with Crippen molar-refractivity contribution in [3.63, 3.8) is 0 Å². The van der Waals surface area contributed by atoms with Gasteiger partial charge < -0.3 is 0 Å². The quantitative estimate of drug-likeness (QED) is 0.531. The van der Waals surface area contributed by atoms with E-state index >= 15 is 0 Å². The summed E-state index contributed by atoms with van der Waals surface area (Å²) < 4.78 is 12.2. The van der Waals surface area contributed by atoms with E-state index in [0.717, 1.165) is 17.3 Å². The van der Waals surface area contributed by atoms with Crippen molar-refractivity contribution in [1.29, 1.82) is 0 Å². The molecular weight excluding hydrogens is 197 g/mol. The van der Waals surface area contributed by atoms with E-state index < -0.39 is 5.95 Å². The van der Waals surface area contributed by atoms with Crippen molar-refractivity contribution in [2.24, 2.45) is 0 Å². The summed E-state index contributed by atoms with van der Waals surface area (Å²) in [6.45, 7) is 0. The van der Waals surface area contributed by atoms with Gasteiger partial charge in [0.05, 0.1) is 0 Å². The van der Waals surface area contributed by atoms with Gasteiger partial charge in [-0.2, -0.15) is 4.39 Å². The molecule has 0 aliphatic heterocycles. The molecule has 0 radical (unpaired) electrons. The number of aromatic nitrogens is 1. The monoisotopic (exact) mass is 203 g/mol. The highest BCUT2D eigenvalue weighted by atomic mass is 79.9. The lowest BCUT2D eigenvalue weighted by Crippen LogP contribution is -1.88. The second-order valence-electron chi connectivity index (χ2n) is 1.93. The SMILES string of the molecule is Fc1ccc(CCBr)cn1. The minimum Gasteiger partial charge on any atom is -0.228 e. The molecule has 1 aromatic rings. The van der Waals surface area contributed by atoms with Gasteiger partial charge in [0.1, 0.15) is 0 Å². The number of nitrogens with zero attached hydrogens (tertiary/aromatic N) is 1. The van der Waals surface area contributed by atoms with Crippen molar-refractivity contribution in [3.05, 3.63) is 29.8 Å². The average molecular weight is 204 g/mol. The lowest BCUT2D eigenvalue weighted by molar-refractivity contribution is 0.582. The molecule has 10 heavy (non-hydrogen) atoms. The predicted molar refractivity (Wildman–Crippen MR) is 41.7 cm³/mol. The summed E-state index contributed by atoms with van der Waals surface area (Å²) in [7, 11) is 0. The summed E-state index contributed by atoms with van der Waals surface area (Å²) in [6, 6.07) is 3.11. The van der Waals surface area contributed by atoms with Crippen LogP contribution in [0.2, 0.25) is 0 Å². The van der Waals surface area contributed by atoms with Crippen LogP contribution in [0.25, 0.3) is 0 Å². The minimum absolute atomic E-state index is 0.418. The van der Waals surface area contributed by atoms with Gasteiger partial charge in [-0.3, -0.25) is 0 Å². The molecule has 0 saturated carbocycles. The van der Waals surface area contributed by atoms with Crippen molar-refractivity contribution >= 4 is 15.9 Å². The maximum Gasteiger partial charge on any atom is 0.212 e. The first-order chi connectivity index (χ1) is 4.83. The Kier molecular flexibility index (Phi) is 2.81. The van der Waals surface area contributed by atoms with Gasteiger partial charge >= 0.3 is 0 Å². The van der Waals surface area contributed by atoms with Gasteiger partial charge in [0.25, 0.3) is 0 Å². The van der Waals surface area contributed by atoms with E-state index in [1.54, 1.807) is 12.3 Å². The molecule has 3 heteroatoms. The van der Waals surface area contributed by atoms with Crippen LogP contribution in [-0.2, 0) is 6.42 Å². The molecule has 1 nitrogen and oxygen atoms in total.